The maximum Gasteiger partial charge on any atom is 0.255 e. The van der Waals surface area contributed by atoms with Crippen molar-refractivity contribution in [3.8, 4) is 0 Å². The van der Waals surface area contributed by atoms with Crippen molar-refractivity contribution < 1.29 is 13.2 Å². The molecule has 2 aromatic rings. The number of aryl methyl sites for hydroxylation is 1. The minimum absolute atomic E-state index is 0.144. The van der Waals surface area contributed by atoms with Gasteiger partial charge in [0.15, 0.2) is 0 Å². The topological polar surface area (TPSA) is 78.8 Å². The second kappa shape index (κ2) is 8.37. The van der Waals surface area contributed by atoms with Crippen LogP contribution in [0, 0.1) is 6.92 Å². The number of carbonyl (C=O) groups is 1. The van der Waals surface area contributed by atoms with Gasteiger partial charge in [-0.1, -0.05) is 45.8 Å². The number of hydrogen-bond donors (Lipinski definition) is 1. The molecule has 8 heteroatoms. The van der Waals surface area contributed by atoms with E-state index in [0.29, 0.717) is 0 Å². The van der Waals surface area contributed by atoms with Crippen LogP contribution >= 0.6 is 15.9 Å². The lowest BCUT2D eigenvalue weighted by atomic mass is 10.2. The van der Waals surface area contributed by atoms with E-state index in [1.165, 1.54) is 25.4 Å². The highest BCUT2D eigenvalue weighted by molar-refractivity contribution is 9.10. The van der Waals surface area contributed by atoms with Gasteiger partial charge in [-0.2, -0.15) is 9.41 Å². The third-order valence-electron chi connectivity index (χ3n) is 3.35. The fraction of sp³-hybridized carbons (Fsp3) is 0.176. The average Bonchev–Trinajstić information content (AvgIpc) is 2.55. The SMILES string of the molecule is Cc1ccc(S(=O)(=O)N(C)CC(=O)N/N=C/c2cccc(Br)c2)cc1. The molecule has 2 aromatic carbocycles. The molecule has 0 saturated heterocycles. The second-order valence-electron chi connectivity index (χ2n) is 5.42. The molecule has 1 amide bonds. The first-order valence-electron chi connectivity index (χ1n) is 7.39. The number of halogens is 1. The Morgan fingerprint density at radius 3 is 2.56 bits per heavy atom. The molecule has 0 unspecified atom stereocenters. The molecule has 0 spiro atoms. The van der Waals surface area contributed by atoms with E-state index in [1.807, 2.05) is 31.2 Å². The first-order valence-corrected chi connectivity index (χ1v) is 9.63. The number of hydrazone groups is 1. The number of sulfonamides is 1. The smallest absolute Gasteiger partial charge is 0.255 e. The van der Waals surface area contributed by atoms with E-state index < -0.39 is 15.9 Å². The predicted octanol–water partition coefficient (Wildman–Crippen LogP) is 2.53. The minimum Gasteiger partial charge on any atom is -0.272 e. The van der Waals surface area contributed by atoms with Crippen LogP contribution in [0.2, 0.25) is 0 Å². The number of carbonyl (C=O) groups excluding carboxylic acids is 1. The van der Waals surface area contributed by atoms with Gasteiger partial charge in [0.05, 0.1) is 17.7 Å². The van der Waals surface area contributed by atoms with E-state index in [4.69, 9.17) is 0 Å². The summed E-state index contributed by atoms with van der Waals surface area (Å²) in [6, 6.07) is 13.8. The molecule has 0 aliphatic rings. The molecule has 0 saturated carbocycles. The number of hydrogen-bond acceptors (Lipinski definition) is 4. The standard InChI is InChI=1S/C17H18BrN3O3S/c1-13-6-8-16(9-7-13)25(23,24)21(2)12-17(22)20-19-11-14-4-3-5-15(18)10-14/h3-11H,12H2,1-2H3,(H,20,22)/b19-11+. The largest absolute Gasteiger partial charge is 0.272 e. The lowest BCUT2D eigenvalue weighted by Gasteiger charge is -2.16. The van der Waals surface area contributed by atoms with Crippen LogP contribution in [-0.2, 0) is 14.8 Å². The van der Waals surface area contributed by atoms with Gasteiger partial charge in [-0.3, -0.25) is 4.79 Å². The normalized spacial score (nSPS) is 11.8. The second-order valence-corrected chi connectivity index (χ2v) is 8.38. The fourth-order valence-electron chi connectivity index (χ4n) is 1.98. The van der Waals surface area contributed by atoms with Gasteiger partial charge in [-0.05, 0) is 36.8 Å². The van der Waals surface area contributed by atoms with Gasteiger partial charge in [0.25, 0.3) is 5.91 Å². The van der Waals surface area contributed by atoms with Gasteiger partial charge in [0.2, 0.25) is 10.0 Å². The van der Waals surface area contributed by atoms with Crippen molar-refractivity contribution >= 4 is 38.1 Å². The van der Waals surface area contributed by atoms with Crippen LogP contribution < -0.4 is 5.43 Å². The number of benzene rings is 2. The Labute approximate surface area is 155 Å². The quantitative estimate of drug-likeness (QED) is 0.572. The summed E-state index contributed by atoms with van der Waals surface area (Å²) in [5.41, 5.74) is 4.08. The summed E-state index contributed by atoms with van der Waals surface area (Å²) in [5, 5.41) is 3.84. The molecule has 0 aliphatic heterocycles. The highest BCUT2D eigenvalue weighted by Gasteiger charge is 2.22. The van der Waals surface area contributed by atoms with Crippen molar-refractivity contribution in [3.63, 3.8) is 0 Å². The number of rotatable bonds is 6. The zero-order valence-corrected chi connectivity index (χ0v) is 16.2. The van der Waals surface area contributed by atoms with E-state index in [-0.39, 0.29) is 11.4 Å². The molecule has 2 rings (SSSR count). The zero-order chi connectivity index (χ0) is 18.4. The third kappa shape index (κ3) is 5.48. The molecule has 0 radical (unpaired) electrons. The van der Waals surface area contributed by atoms with Crippen LogP contribution in [0.1, 0.15) is 11.1 Å². The molecule has 0 aromatic heterocycles. The van der Waals surface area contributed by atoms with Crippen LogP contribution in [-0.4, -0.2) is 38.4 Å². The van der Waals surface area contributed by atoms with Crippen molar-refractivity contribution in [2.75, 3.05) is 13.6 Å². The molecule has 0 heterocycles. The highest BCUT2D eigenvalue weighted by atomic mass is 79.9. The average molecular weight is 424 g/mol. The molecule has 1 N–H and O–H groups in total. The Kier molecular flexibility index (Phi) is 6.46. The highest BCUT2D eigenvalue weighted by Crippen LogP contribution is 2.14. The Hall–Kier alpha value is -2.03. The van der Waals surface area contributed by atoms with Gasteiger partial charge in [-0.25, -0.2) is 13.8 Å². The van der Waals surface area contributed by atoms with E-state index in [9.17, 15) is 13.2 Å². The summed E-state index contributed by atoms with van der Waals surface area (Å²) >= 11 is 3.34. The molecule has 0 fully saturated rings. The Morgan fingerprint density at radius 1 is 1.24 bits per heavy atom. The van der Waals surface area contributed by atoms with E-state index in [2.05, 4.69) is 26.5 Å². The molecule has 0 aliphatic carbocycles. The van der Waals surface area contributed by atoms with Crippen LogP contribution in [0.5, 0.6) is 0 Å². The van der Waals surface area contributed by atoms with Gasteiger partial charge >= 0.3 is 0 Å². The molecule has 25 heavy (non-hydrogen) atoms. The van der Waals surface area contributed by atoms with E-state index in [0.717, 1.165) is 19.9 Å². The molecule has 6 nitrogen and oxygen atoms in total. The number of amides is 1. The van der Waals surface area contributed by atoms with Gasteiger partial charge < -0.3 is 0 Å². The van der Waals surface area contributed by atoms with Crippen LogP contribution in [0.15, 0.2) is 63.0 Å². The van der Waals surface area contributed by atoms with E-state index >= 15 is 0 Å². The molecule has 0 bridgehead atoms. The summed E-state index contributed by atoms with van der Waals surface area (Å²) < 4.78 is 26.7. The third-order valence-corrected chi connectivity index (χ3v) is 5.66. The predicted molar refractivity (Wildman–Crippen MR) is 101 cm³/mol. The first kappa shape index (κ1) is 19.3. The molecule has 0 atom stereocenters. The molecular weight excluding hydrogens is 406 g/mol. The lowest BCUT2D eigenvalue weighted by Crippen LogP contribution is -2.36. The Bertz CT molecular complexity index is 880. The van der Waals surface area contributed by atoms with Gasteiger partial charge in [0.1, 0.15) is 0 Å². The molecular formula is C17H18BrN3O3S. The van der Waals surface area contributed by atoms with Gasteiger partial charge in [-0.15, -0.1) is 0 Å². The van der Waals surface area contributed by atoms with Crippen LogP contribution in [0.3, 0.4) is 0 Å². The Morgan fingerprint density at radius 2 is 1.92 bits per heavy atom. The zero-order valence-electron chi connectivity index (χ0n) is 13.8. The minimum atomic E-state index is -3.72. The van der Waals surface area contributed by atoms with Crippen molar-refractivity contribution in [1.82, 2.24) is 9.73 Å². The monoisotopic (exact) mass is 423 g/mol. The number of nitrogens with one attached hydrogen (secondary N) is 1. The van der Waals surface area contributed by atoms with Crippen LogP contribution in [0.25, 0.3) is 0 Å². The van der Waals surface area contributed by atoms with Crippen molar-refractivity contribution in [1.29, 1.82) is 0 Å². The summed E-state index contributed by atoms with van der Waals surface area (Å²) in [6.07, 6.45) is 1.48. The molecule has 132 valence electrons. The number of likely N-dealkylation sites (N-methyl/N-ethyl adjacent to an activating group) is 1. The van der Waals surface area contributed by atoms with Crippen molar-refractivity contribution in [2.24, 2.45) is 5.10 Å². The van der Waals surface area contributed by atoms with Crippen LogP contribution in [0.4, 0.5) is 0 Å². The number of nitrogens with zero attached hydrogens (tertiary/aromatic N) is 2. The maximum absolute atomic E-state index is 12.4. The van der Waals surface area contributed by atoms with Crippen molar-refractivity contribution in [3.05, 3.63) is 64.1 Å². The lowest BCUT2D eigenvalue weighted by molar-refractivity contribution is -0.121. The maximum atomic E-state index is 12.4. The summed E-state index contributed by atoms with van der Waals surface area (Å²) in [7, 11) is -2.37. The van der Waals surface area contributed by atoms with Crippen molar-refractivity contribution in [2.45, 2.75) is 11.8 Å². The van der Waals surface area contributed by atoms with Gasteiger partial charge in [0, 0.05) is 11.5 Å². The Balaban J connectivity index is 1.96. The summed E-state index contributed by atoms with van der Waals surface area (Å²) in [6.45, 7) is 1.54. The summed E-state index contributed by atoms with van der Waals surface area (Å²) in [5.74, 6) is -0.524. The fourth-order valence-corrected chi connectivity index (χ4v) is 3.52. The first-order chi connectivity index (χ1) is 11.8. The van der Waals surface area contributed by atoms with E-state index in [1.54, 1.807) is 12.1 Å². The summed E-state index contributed by atoms with van der Waals surface area (Å²) in [4.78, 5) is 12.0.